The number of rotatable bonds is 2. The van der Waals surface area contributed by atoms with E-state index in [0.29, 0.717) is 0 Å². The maximum Gasteiger partial charge on any atom is 0.335 e. The van der Waals surface area contributed by atoms with E-state index in [-0.39, 0.29) is 11.6 Å². The predicted molar refractivity (Wildman–Crippen MR) is 41.5 cm³/mol. The number of hydrogen-bond acceptors (Lipinski definition) is 2. The largest absolute Gasteiger partial charge is 0.474 e. The number of esters is 1. The average molecular weight is 153 g/mol. The molecule has 0 bridgehead atoms. The fraction of sp³-hybridized carbons (Fsp3) is 0.500. The highest BCUT2D eigenvalue weighted by Gasteiger charge is 2.08. The first kappa shape index (κ1) is 9.70. The monoisotopic (exact) mass is 153 g/mol. The van der Waals surface area contributed by atoms with Crippen molar-refractivity contribution < 1.29 is 9.53 Å². The second-order valence-corrected chi connectivity index (χ2v) is 2.40. The highest BCUT2D eigenvalue weighted by molar-refractivity contribution is 5.90. The van der Waals surface area contributed by atoms with Crippen molar-refractivity contribution in [3.8, 4) is 0 Å². The van der Waals surface area contributed by atoms with Gasteiger partial charge in [-0.25, -0.2) is 4.85 Å². The number of nitrogens with zero attached hydrogens (tertiary/aromatic N) is 1. The highest BCUT2D eigenvalue weighted by Crippen LogP contribution is 2.04. The zero-order valence-electron chi connectivity index (χ0n) is 6.92. The fourth-order valence-corrected chi connectivity index (χ4v) is 0.571. The van der Waals surface area contributed by atoms with Crippen molar-refractivity contribution in [3.05, 3.63) is 23.2 Å². The third-order valence-electron chi connectivity index (χ3n) is 1.01. The Hall–Kier alpha value is -1.30. The Kier molecular flexibility index (Phi) is 3.97. The predicted octanol–water partition coefficient (Wildman–Crippen LogP) is 1.62. The molecular weight excluding hydrogens is 142 g/mol. The van der Waals surface area contributed by atoms with Crippen molar-refractivity contribution >= 4 is 5.97 Å². The lowest BCUT2D eigenvalue weighted by atomic mass is 10.2. The molecule has 3 heteroatoms. The minimum atomic E-state index is -0.561. The molecule has 0 fully saturated rings. The number of allylic oxidation sites excluding steroid dienone is 1. The molecule has 0 aliphatic carbocycles. The Balaban J connectivity index is 4.43. The SMILES string of the molecule is [C-]#[N+]/C(=C\C(C)C)C(=O)OC. The Bertz CT molecular complexity index is 211. The first-order valence-corrected chi connectivity index (χ1v) is 3.29. The van der Waals surface area contributed by atoms with Gasteiger partial charge in [0.15, 0.2) is 0 Å². The second kappa shape index (κ2) is 4.51. The number of carbonyl (C=O) groups excluding carboxylic acids is 1. The van der Waals surface area contributed by atoms with Crippen LogP contribution in [0.1, 0.15) is 13.8 Å². The van der Waals surface area contributed by atoms with E-state index >= 15 is 0 Å². The topological polar surface area (TPSA) is 30.7 Å². The lowest BCUT2D eigenvalue weighted by Gasteiger charge is -1.97. The first-order valence-electron chi connectivity index (χ1n) is 3.29. The Morgan fingerprint density at radius 2 is 2.18 bits per heavy atom. The minimum Gasteiger partial charge on any atom is -0.474 e. The van der Waals surface area contributed by atoms with Gasteiger partial charge in [-0.3, -0.25) is 4.79 Å². The smallest absolute Gasteiger partial charge is 0.335 e. The number of ether oxygens (including phenoxy) is 1. The van der Waals surface area contributed by atoms with E-state index in [1.165, 1.54) is 7.11 Å². The van der Waals surface area contributed by atoms with Crippen molar-refractivity contribution in [2.45, 2.75) is 13.8 Å². The second-order valence-electron chi connectivity index (χ2n) is 2.40. The van der Waals surface area contributed by atoms with Gasteiger partial charge in [-0.1, -0.05) is 19.9 Å². The van der Waals surface area contributed by atoms with Crippen molar-refractivity contribution in [1.82, 2.24) is 0 Å². The molecule has 0 saturated carbocycles. The van der Waals surface area contributed by atoms with Crippen LogP contribution in [-0.2, 0) is 9.53 Å². The van der Waals surface area contributed by atoms with Crippen molar-refractivity contribution in [1.29, 1.82) is 0 Å². The van der Waals surface area contributed by atoms with Gasteiger partial charge in [-0.05, 0) is 5.92 Å². The summed E-state index contributed by atoms with van der Waals surface area (Å²) in [5.74, 6) is -0.369. The van der Waals surface area contributed by atoms with Gasteiger partial charge < -0.3 is 4.74 Å². The van der Waals surface area contributed by atoms with E-state index in [9.17, 15) is 4.79 Å². The lowest BCUT2D eigenvalue weighted by molar-refractivity contribution is -0.135. The molecule has 0 aromatic carbocycles. The standard InChI is InChI=1S/C8H11NO2/c1-6(2)5-7(9-3)8(10)11-4/h5-6H,1-2,4H3/b7-5-. The van der Waals surface area contributed by atoms with Gasteiger partial charge in [0.25, 0.3) is 5.70 Å². The summed E-state index contributed by atoms with van der Waals surface area (Å²) in [6.45, 7) is 10.4. The molecule has 0 saturated heterocycles. The summed E-state index contributed by atoms with van der Waals surface area (Å²) in [7, 11) is 1.27. The maximum absolute atomic E-state index is 10.8. The van der Waals surface area contributed by atoms with Gasteiger partial charge in [-0.2, -0.15) is 0 Å². The van der Waals surface area contributed by atoms with Crippen molar-refractivity contribution in [2.75, 3.05) is 7.11 Å². The van der Waals surface area contributed by atoms with E-state index in [4.69, 9.17) is 6.57 Å². The molecule has 0 radical (unpaired) electrons. The lowest BCUT2D eigenvalue weighted by Crippen LogP contribution is -2.02. The molecule has 0 aromatic heterocycles. The summed E-state index contributed by atoms with van der Waals surface area (Å²) in [5, 5.41) is 0. The molecule has 60 valence electrons. The molecule has 0 spiro atoms. The summed E-state index contributed by atoms with van der Waals surface area (Å²) in [6.07, 6.45) is 1.58. The van der Waals surface area contributed by atoms with Crippen LogP contribution in [0, 0.1) is 12.5 Å². The van der Waals surface area contributed by atoms with Crippen LogP contribution in [-0.4, -0.2) is 13.1 Å². The van der Waals surface area contributed by atoms with E-state index < -0.39 is 5.97 Å². The molecule has 0 heterocycles. The minimum absolute atomic E-state index is 0.0579. The molecule has 0 aliphatic rings. The van der Waals surface area contributed by atoms with E-state index in [1.54, 1.807) is 6.08 Å². The van der Waals surface area contributed by atoms with Gasteiger partial charge in [0.1, 0.15) is 0 Å². The average Bonchev–Trinajstić information content (AvgIpc) is 1.98. The van der Waals surface area contributed by atoms with Gasteiger partial charge in [0.05, 0.1) is 13.7 Å². The zero-order chi connectivity index (χ0) is 8.85. The molecule has 0 aromatic rings. The van der Waals surface area contributed by atoms with Crippen LogP contribution < -0.4 is 0 Å². The molecule has 3 nitrogen and oxygen atoms in total. The van der Waals surface area contributed by atoms with Gasteiger partial charge in [-0.15, -0.1) is 0 Å². The summed E-state index contributed by atoms with van der Waals surface area (Å²) < 4.78 is 4.38. The maximum atomic E-state index is 10.8. The Morgan fingerprint density at radius 3 is 2.45 bits per heavy atom. The summed E-state index contributed by atoms with van der Waals surface area (Å²) >= 11 is 0. The molecule has 0 atom stereocenters. The normalized spacial score (nSPS) is 11.0. The van der Waals surface area contributed by atoms with E-state index in [2.05, 4.69) is 9.58 Å². The number of carbonyl (C=O) groups is 1. The highest BCUT2D eigenvalue weighted by atomic mass is 16.5. The quantitative estimate of drug-likeness (QED) is 0.343. The van der Waals surface area contributed by atoms with Crippen LogP contribution in [0.25, 0.3) is 4.85 Å². The third-order valence-corrected chi connectivity index (χ3v) is 1.01. The Morgan fingerprint density at radius 1 is 1.64 bits per heavy atom. The fourth-order valence-electron chi connectivity index (χ4n) is 0.571. The number of hydrogen-bond donors (Lipinski definition) is 0. The summed E-state index contributed by atoms with van der Waals surface area (Å²) in [4.78, 5) is 13.8. The molecule has 11 heavy (non-hydrogen) atoms. The molecule has 0 N–H and O–H groups in total. The van der Waals surface area contributed by atoms with Gasteiger partial charge >= 0.3 is 5.97 Å². The van der Waals surface area contributed by atoms with Crippen molar-refractivity contribution in [2.24, 2.45) is 5.92 Å². The van der Waals surface area contributed by atoms with Gasteiger partial charge in [0, 0.05) is 0 Å². The van der Waals surface area contributed by atoms with Crippen LogP contribution in [0.2, 0.25) is 0 Å². The van der Waals surface area contributed by atoms with E-state index in [1.807, 2.05) is 13.8 Å². The molecule has 0 aliphatic heterocycles. The molecule has 0 rings (SSSR count). The van der Waals surface area contributed by atoms with Crippen molar-refractivity contribution in [3.63, 3.8) is 0 Å². The number of methoxy groups -OCH3 is 1. The van der Waals surface area contributed by atoms with E-state index in [0.717, 1.165) is 0 Å². The summed E-state index contributed by atoms with van der Waals surface area (Å²) in [6, 6.07) is 0. The Labute approximate surface area is 66.5 Å². The van der Waals surface area contributed by atoms with Crippen LogP contribution >= 0.6 is 0 Å². The van der Waals surface area contributed by atoms with Crippen LogP contribution in [0.4, 0.5) is 0 Å². The first-order chi connectivity index (χ1) is 5.11. The summed E-state index contributed by atoms with van der Waals surface area (Å²) in [5.41, 5.74) is 0.0579. The van der Waals surface area contributed by atoms with Gasteiger partial charge in [0.2, 0.25) is 0 Å². The molecule has 0 amide bonds. The molecular formula is C8H11NO2. The molecule has 0 unspecified atom stereocenters. The van der Waals surface area contributed by atoms with Crippen LogP contribution in [0.5, 0.6) is 0 Å². The van der Waals surface area contributed by atoms with Crippen LogP contribution in [0.15, 0.2) is 11.8 Å². The zero-order valence-corrected chi connectivity index (χ0v) is 6.92. The van der Waals surface area contributed by atoms with Crippen LogP contribution in [0.3, 0.4) is 0 Å². The third kappa shape index (κ3) is 3.41.